The molecule has 202 valence electrons. The highest BCUT2D eigenvalue weighted by Gasteiger charge is 2.38. The molecule has 1 unspecified atom stereocenters. The molecule has 2 aliphatic rings. The van der Waals surface area contributed by atoms with Crippen LogP contribution in [0.5, 0.6) is 0 Å². The van der Waals surface area contributed by atoms with Gasteiger partial charge in [0.15, 0.2) is 0 Å². The number of rotatable bonds is 10. The minimum absolute atomic E-state index is 0.168. The molecule has 0 spiro atoms. The maximum absolute atomic E-state index is 13.9. The predicted molar refractivity (Wildman–Crippen MR) is 155 cm³/mol. The van der Waals surface area contributed by atoms with E-state index in [4.69, 9.17) is 16.3 Å². The lowest BCUT2D eigenvalue weighted by Crippen LogP contribution is -2.45. The van der Waals surface area contributed by atoms with Gasteiger partial charge in [-0.3, -0.25) is 9.99 Å². The summed E-state index contributed by atoms with van der Waals surface area (Å²) in [7, 11) is 3.71. The summed E-state index contributed by atoms with van der Waals surface area (Å²) < 4.78 is 19.2. The molecule has 2 aromatic carbocycles. The van der Waals surface area contributed by atoms with Crippen LogP contribution in [0.3, 0.4) is 0 Å². The fraction of sp³-hybridized carbons (Fsp3) is 0.357. The quantitative estimate of drug-likeness (QED) is 0.280. The number of ether oxygens (including phenoxy) is 1. The third-order valence-electron chi connectivity index (χ3n) is 7.21. The summed E-state index contributed by atoms with van der Waals surface area (Å²) in [4.78, 5) is 4.48. The van der Waals surface area contributed by atoms with Crippen molar-refractivity contribution in [2.45, 2.75) is 38.2 Å². The van der Waals surface area contributed by atoms with Gasteiger partial charge in [0.1, 0.15) is 19.7 Å². The molecular formula is C28H32BClFN7O. The predicted octanol–water partition coefficient (Wildman–Crippen LogP) is 4.21. The monoisotopic (exact) mass is 547 g/mol. The number of aromatic nitrogens is 1. The summed E-state index contributed by atoms with van der Waals surface area (Å²) in [5, 5.41) is 20.2. The normalized spacial score (nSPS) is 16.8. The van der Waals surface area contributed by atoms with Crippen LogP contribution in [-0.4, -0.2) is 44.1 Å². The summed E-state index contributed by atoms with van der Waals surface area (Å²) in [6, 6.07) is 12.9. The highest BCUT2D eigenvalue weighted by molar-refractivity contribution is 6.36. The number of nitriles is 1. The zero-order chi connectivity index (χ0) is 27.8. The van der Waals surface area contributed by atoms with Gasteiger partial charge in [-0.05, 0) is 42.7 Å². The third-order valence-corrected chi connectivity index (χ3v) is 7.49. The summed E-state index contributed by atoms with van der Waals surface area (Å²) in [5.74, 6) is -0.303. The van der Waals surface area contributed by atoms with E-state index in [9.17, 15) is 9.65 Å². The van der Waals surface area contributed by atoms with Crippen LogP contribution < -0.4 is 21.6 Å². The Bertz CT molecular complexity index is 1460. The number of fused-ring (bicyclic) bond motifs is 1. The largest absolute Gasteiger partial charge is 0.384 e. The SMILES string of the molecule is BC(Nc1cc(Cl)c2ncc(C#N)c(NCC(C)(C)COC)c2c1)(C1=CN(C2CC2)NN1)c1ccc(F)cc1. The van der Waals surface area contributed by atoms with Crippen molar-refractivity contribution in [3.8, 4) is 6.07 Å². The molecule has 1 fully saturated rings. The van der Waals surface area contributed by atoms with E-state index in [2.05, 4.69) is 57.7 Å². The smallest absolute Gasteiger partial charge is 0.148 e. The van der Waals surface area contributed by atoms with Crippen molar-refractivity contribution >= 4 is 41.7 Å². The van der Waals surface area contributed by atoms with Gasteiger partial charge in [-0.25, -0.2) is 4.39 Å². The Morgan fingerprint density at radius 2 is 2.03 bits per heavy atom. The Kier molecular flexibility index (Phi) is 7.34. The number of halogens is 2. The van der Waals surface area contributed by atoms with Crippen molar-refractivity contribution in [2.75, 3.05) is 30.9 Å². The highest BCUT2D eigenvalue weighted by Crippen LogP contribution is 2.38. The van der Waals surface area contributed by atoms with Crippen molar-refractivity contribution in [3.63, 3.8) is 0 Å². The average Bonchev–Trinajstić information content (AvgIpc) is 3.63. The highest BCUT2D eigenvalue weighted by atomic mass is 35.5. The summed E-state index contributed by atoms with van der Waals surface area (Å²) in [5.41, 5.74) is 9.75. The number of anilines is 2. The summed E-state index contributed by atoms with van der Waals surface area (Å²) in [6.07, 6.45) is 5.85. The van der Waals surface area contributed by atoms with Crippen molar-refractivity contribution in [1.29, 1.82) is 5.26 Å². The van der Waals surface area contributed by atoms with E-state index in [0.29, 0.717) is 41.0 Å². The molecule has 1 saturated carbocycles. The number of hydrazine groups is 2. The van der Waals surface area contributed by atoms with E-state index >= 15 is 0 Å². The van der Waals surface area contributed by atoms with Crippen LogP contribution in [0.1, 0.15) is 37.8 Å². The van der Waals surface area contributed by atoms with Gasteiger partial charge >= 0.3 is 0 Å². The Hall–Kier alpha value is -3.52. The van der Waals surface area contributed by atoms with E-state index in [1.54, 1.807) is 25.4 Å². The second-order valence-electron chi connectivity index (χ2n) is 11.1. The van der Waals surface area contributed by atoms with Crippen molar-refractivity contribution in [1.82, 2.24) is 21.0 Å². The molecule has 2 heterocycles. The number of pyridine rings is 1. The molecule has 0 saturated heterocycles. The molecule has 0 amide bonds. The van der Waals surface area contributed by atoms with Crippen LogP contribution in [0, 0.1) is 22.6 Å². The van der Waals surface area contributed by atoms with Gasteiger partial charge in [0, 0.05) is 48.6 Å². The molecule has 8 nitrogen and oxygen atoms in total. The maximum atomic E-state index is 13.9. The molecule has 1 aliphatic heterocycles. The fourth-order valence-electron chi connectivity index (χ4n) is 4.88. The van der Waals surface area contributed by atoms with Crippen LogP contribution in [0.15, 0.2) is 54.5 Å². The molecule has 3 aromatic rings. The minimum Gasteiger partial charge on any atom is -0.384 e. The van der Waals surface area contributed by atoms with E-state index in [0.717, 1.165) is 35.2 Å². The molecular weight excluding hydrogens is 516 g/mol. The van der Waals surface area contributed by atoms with E-state index < -0.39 is 5.44 Å². The molecule has 0 bridgehead atoms. The van der Waals surface area contributed by atoms with Gasteiger partial charge < -0.3 is 20.8 Å². The van der Waals surface area contributed by atoms with E-state index in [1.807, 2.05) is 20.0 Å². The van der Waals surface area contributed by atoms with Gasteiger partial charge in [0.05, 0.1) is 39.5 Å². The van der Waals surface area contributed by atoms with Gasteiger partial charge in [-0.1, -0.05) is 37.6 Å². The number of nitrogens with one attached hydrogen (secondary N) is 4. The number of benzene rings is 2. The Labute approximate surface area is 233 Å². The third kappa shape index (κ3) is 5.62. The van der Waals surface area contributed by atoms with Gasteiger partial charge in [-0.2, -0.15) is 5.26 Å². The maximum Gasteiger partial charge on any atom is 0.148 e. The Morgan fingerprint density at radius 1 is 1.28 bits per heavy atom. The molecule has 11 heteroatoms. The zero-order valence-electron chi connectivity index (χ0n) is 22.5. The number of hydrogen-bond donors (Lipinski definition) is 4. The molecule has 5 rings (SSSR count). The molecule has 39 heavy (non-hydrogen) atoms. The van der Waals surface area contributed by atoms with Crippen molar-refractivity contribution in [2.24, 2.45) is 5.41 Å². The number of hydrogen-bond acceptors (Lipinski definition) is 8. The Morgan fingerprint density at radius 3 is 2.69 bits per heavy atom. The zero-order valence-corrected chi connectivity index (χ0v) is 23.3. The van der Waals surface area contributed by atoms with E-state index in [1.165, 1.54) is 12.1 Å². The molecule has 4 N–H and O–H groups in total. The second-order valence-corrected chi connectivity index (χ2v) is 11.5. The fourth-order valence-corrected chi connectivity index (χ4v) is 5.14. The first-order valence-electron chi connectivity index (χ1n) is 13.0. The van der Waals surface area contributed by atoms with Gasteiger partial charge in [0.25, 0.3) is 0 Å². The van der Waals surface area contributed by atoms with Crippen LogP contribution >= 0.6 is 11.6 Å². The topological polar surface area (TPSA) is 97.3 Å². The van der Waals surface area contributed by atoms with E-state index in [-0.39, 0.29) is 11.2 Å². The first-order valence-corrected chi connectivity index (χ1v) is 13.3. The second kappa shape index (κ2) is 10.6. The van der Waals surface area contributed by atoms with Crippen LogP contribution in [0.2, 0.25) is 5.02 Å². The van der Waals surface area contributed by atoms with Gasteiger partial charge in [-0.15, -0.1) is 5.53 Å². The molecule has 1 aliphatic carbocycles. The lowest BCUT2D eigenvalue weighted by molar-refractivity contribution is 0.112. The molecule has 1 atom stereocenters. The van der Waals surface area contributed by atoms with Crippen molar-refractivity contribution < 1.29 is 9.13 Å². The average molecular weight is 548 g/mol. The lowest BCUT2D eigenvalue weighted by atomic mass is 9.69. The first-order chi connectivity index (χ1) is 18.6. The van der Waals surface area contributed by atoms with Gasteiger partial charge in [0.2, 0.25) is 0 Å². The van der Waals surface area contributed by atoms with Crippen LogP contribution in [0.25, 0.3) is 10.9 Å². The lowest BCUT2D eigenvalue weighted by Gasteiger charge is -2.34. The first kappa shape index (κ1) is 27.1. The van der Waals surface area contributed by atoms with Crippen molar-refractivity contribution in [3.05, 3.63) is 76.5 Å². The number of methoxy groups -OCH3 is 1. The Balaban J connectivity index is 1.57. The summed E-state index contributed by atoms with van der Waals surface area (Å²) >= 11 is 6.76. The minimum atomic E-state index is -0.768. The standard InChI is InChI=1S/C28H32BClFN7O/c1-27(2,16-39-3)15-34-25-17(12-32)13-33-26-22(25)10-20(11-23(26)30)35-28(29,18-4-6-19(31)7-5-18)24-14-38(37-36-24)21-8-9-21/h4-7,10-11,13-14,21,35-37H,8-9,15-16,29H2,1-3H3,(H,33,34). The van der Waals surface area contributed by atoms with Crippen LogP contribution in [-0.2, 0) is 10.2 Å². The molecule has 0 radical (unpaired) electrons. The molecule has 1 aromatic heterocycles. The summed E-state index contributed by atoms with van der Waals surface area (Å²) in [6.45, 7) is 5.32. The number of nitrogens with zero attached hydrogens (tertiary/aromatic N) is 3. The van der Waals surface area contributed by atoms with Crippen LogP contribution in [0.4, 0.5) is 15.8 Å².